The molecule has 0 bridgehead atoms. The van der Waals surface area contributed by atoms with E-state index in [2.05, 4.69) is 15.6 Å². The summed E-state index contributed by atoms with van der Waals surface area (Å²) in [6.07, 6.45) is 1.67. The largest absolute Gasteiger partial charge is 0.356 e. The number of nitrogens with one attached hydrogen (secondary N) is 1. The van der Waals surface area contributed by atoms with Gasteiger partial charge >= 0.3 is 0 Å². The number of fused-ring (bicyclic) bond motifs is 1. The fourth-order valence-corrected chi connectivity index (χ4v) is 2.14. The standard InChI is InChI=1S/C15H14N4O3/c20-14(16-8-9-19-15(21)6-3-7-17-19)10-12-11-4-1-2-5-13(11)22-18-12/h1-7H,8-10H2,(H,16,20). The van der Waals surface area contributed by atoms with E-state index in [-0.39, 0.29) is 17.9 Å². The Morgan fingerprint density at radius 3 is 2.95 bits per heavy atom. The Balaban J connectivity index is 1.57. The Morgan fingerprint density at radius 1 is 1.23 bits per heavy atom. The fourth-order valence-electron chi connectivity index (χ4n) is 2.14. The first kappa shape index (κ1) is 14.0. The van der Waals surface area contributed by atoms with Crippen LogP contribution in [0.25, 0.3) is 11.0 Å². The van der Waals surface area contributed by atoms with Crippen LogP contribution in [0.15, 0.2) is 51.9 Å². The van der Waals surface area contributed by atoms with Gasteiger partial charge < -0.3 is 9.84 Å². The molecule has 1 N–H and O–H groups in total. The summed E-state index contributed by atoms with van der Waals surface area (Å²) in [6, 6.07) is 10.4. The first-order chi connectivity index (χ1) is 10.7. The Labute approximate surface area is 125 Å². The third kappa shape index (κ3) is 3.03. The summed E-state index contributed by atoms with van der Waals surface area (Å²) in [4.78, 5) is 23.4. The summed E-state index contributed by atoms with van der Waals surface area (Å²) in [5.74, 6) is -0.178. The van der Waals surface area contributed by atoms with Gasteiger partial charge in [0.05, 0.1) is 13.0 Å². The lowest BCUT2D eigenvalue weighted by molar-refractivity contribution is -0.120. The molecule has 2 heterocycles. The molecular weight excluding hydrogens is 284 g/mol. The van der Waals surface area contributed by atoms with Gasteiger partial charge in [0.15, 0.2) is 5.58 Å². The second-order valence-electron chi connectivity index (χ2n) is 4.74. The smallest absolute Gasteiger partial charge is 0.266 e. The van der Waals surface area contributed by atoms with Crippen LogP contribution in [-0.2, 0) is 17.8 Å². The van der Waals surface area contributed by atoms with Gasteiger partial charge in [0.2, 0.25) is 5.91 Å². The van der Waals surface area contributed by atoms with E-state index >= 15 is 0 Å². The van der Waals surface area contributed by atoms with Crippen molar-refractivity contribution in [2.75, 3.05) is 6.54 Å². The number of carbonyl (C=O) groups excluding carboxylic acids is 1. The second-order valence-corrected chi connectivity index (χ2v) is 4.74. The van der Waals surface area contributed by atoms with E-state index in [0.717, 1.165) is 5.39 Å². The van der Waals surface area contributed by atoms with Gasteiger partial charge in [-0.1, -0.05) is 17.3 Å². The molecule has 3 aromatic rings. The van der Waals surface area contributed by atoms with Crippen LogP contribution >= 0.6 is 0 Å². The maximum absolute atomic E-state index is 11.9. The predicted octanol–water partition coefficient (Wildman–Crippen LogP) is 0.743. The van der Waals surface area contributed by atoms with Crippen LogP contribution in [0.2, 0.25) is 0 Å². The number of carbonyl (C=O) groups is 1. The molecule has 0 aliphatic rings. The molecule has 0 saturated heterocycles. The minimum absolute atomic E-state index is 0.133. The summed E-state index contributed by atoms with van der Waals surface area (Å²) < 4.78 is 6.45. The predicted molar refractivity (Wildman–Crippen MR) is 79.2 cm³/mol. The topological polar surface area (TPSA) is 90.0 Å². The average Bonchev–Trinajstić information content (AvgIpc) is 2.92. The van der Waals surface area contributed by atoms with Gasteiger partial charge in [0.1, 0.15) is 5.69 Å². The lowest BCUT2D eigenvalue weighted by atomic mass is 10.1. The van der Waals surface area contributed by atoms with E-state index < -0.39 is 0 Å². The third-order valence-corrected chi connectivity index (χ3v) is 3.21. The van der Waals surface area contributed by atoms with Gasteiger partial charge in [0.25, 0.3) is 5.56 Å². The van der Waals surface area contributed by atoms with Crippen LogP contribution in [0.1, 0.15) is 5.69 Å². The number of para-hydroxylation sites is 1. The summed E-state index contributed by atoms with van der Waals surface area (Å²) >= 11 is 0. The van der Waals surface area contributed by atoms with Crippen molar-refractivity contribution in [3.8, 4) is 0 Å². The van der Waals surface area contributed by atoms with E-state index in [4.69, 9.17) is 4.52 Å². The maximum atomic E-state index is 11.9. The van der Waals surface area contributed by atoms with Gasteiger partial charge in [-0.25, -0.2) is 4.68 Å². The number of rotatable bonds is 5. The second kappa shape index (κ2) is 6.21. The molecule has 0 unspecified atom stereocenters. The maximum Gasteiger partial charge on any atom is 0.266 e. The Kier molecular flexibility index (Phi) is 3.95. The summed E-state index contributed by atoms with van der Waals surface area (Å²) in [7, 11) is 0. The number of hydrogen-bond acceptors (Lipinski definition) is 5. The van der Waals surface area contributed by atoms with Crippen LogP contribution < -0.4 is 10.9 Å². The third-order valence-electron chi connectivity index (χ3n) is 3.21. The van der Waals surface area contributed by atoms with Crippen LogP contribution in [-0.4, -0.2) is 27.4 Å². The Hall–Kier alpha value is -2.96. The highest BCUT2D eigenvalue weighted by Crippen LogP contribution is 2.17. The first-order valence-electron chi connectivity index (χ1n) is 6.86. The van der Waals surface area contributed by atoms with Crippen LogP contribution in [0.5, 0.6) is 0 Å². The Morgan fingerprint density at radius 2 is 2.09 bits per heavy atom. The average molecular weight is 298 g/mol. The lowest BCUT2D eigenvalue weighted by Crippen LogP contribution is -2.32. The molecule has 0 atom stereocenters. The van der Waals surface area contributed by atoms with E-state index in [1.165, 1.54) is 16.9 Å². The molecule has 3 rings (SSSR count). The van der Waals surface area contributed by atoms with Gasteiger partial charge in [-0.3, -0.25) is 9.59 Å². The molecule has 7 heteroatoms. The summed E-state index contributed by atoms with van der Waals surface area (Å²) in [6.45, 7) is 0.649. The van der Waals surface area contributed by atoms with Gasteiger partial charge in [0, 0.05) is 24.2 Å². The number of benzene rings is 1. The van der Waals surface area contributed by atoms with Crippen molar-refractivity contribution in [3.05, 3.63) is 58.6 Å². The first-order valence-corrected chi connectivity index (χ1v) is 6.86. The molecule has 0 spiro atoms. The SMILES string of the molecule is O=C(Cc1noc2ccccc12)NCCn1ncccc1=O. The highest BCUT2D eigenvalue weighted by Gasteiger charge is 2.11. The minimum Gasteiger partial charge on any atom is -0.356 e. The molecule has 0 fully saturated rings. The number of hydrogen-bond donors (Lipinski definition) is 1. The van der Waals surface area contributed by atoms with Crippen LogP contribution in [0, 0.1) is 0 Å². The Bertz CT molecular complexity index is 853. The minimum atomic E-state index is -0.195. The summed E-state index contributed by atoms with van der Waals surface area (Å²) in [5, 5.41) is 11.4. The van der Waals surface area contributed by atoms with Gasteiger partial charge in [-0.15, -0.1) is 0 Å². The zero-order chi connectivity index (χ0) is 15.4. The molecule has 1 amide bonds. The summed E-state index contributed by atoms with van der Waals surface area (Å²) in [5.41, 5.74) is 1.06. The highest BCUT2D eigenvalue weighted by atomic mass is 16.5. The molecule has 112 valence electrons. The van der Waals surface area contributed by atoms with Crippen LogP contribution in [0.4, 0.5) is 0 Å². The molecule has 2 aromatic heterocycles. The van der Waals surface area contributed by atoms with Crippen LogP contribution in [0.3, 0.4) is 0 Å². The molecule has 7 nitrogen and oxygen atoms in total. The van der Waals surface area contributed by atoms with Crippen molar-refractivity contribution in [2.24, 2.45) is 0 Å². The van der Waals surface area contributed by atoms with E-state index in [9.17, 15) is 9.59 Å². The molecule has 22 heavy (non-hydrogen) atoms. The molecule has 0 aliphatic heterocycles. The monoisotopic (exact) mass is 298 g/mol. The zero-order valence-electron chi connectivity index (χ0n) is 11.7. The molecule has 1 aromatic carbocycles. The van der Waals surface area contributed by atoms with Crippen molar-refractivity contribution >= 4 is 16.9 Å². The molecule has 0 radical (unpaired) electrons. The van der Waals surface area contributed by atoms with Crippen molar-refractivity contribution in [1.29, 1.82) is 0 Å². The quantitative estimate of drug-likeness (QED) is 0.750. The number of nitrogens with zero attached hydrogens (tertiary/aromatic N) is 3. The molecular formula is C15H14N4O3. The number of aromatic nitrogens is 3. The lowest BCUT2D eigenvalue weighted by Gasteiger charge is -2.05. The number of amides is 1. The highest BCUT2D eigenvalue weighted by molar-refractivity contribution is 5.86. The van der Waals surface area contributed by atoms with E-state index in [1.54, 1.807) is 12.1 Å². The molecule has 0 aliphatic carbocycles. The van der Waals surface area contributed by atoms with Crippen molar-refractivity contribution < 1.29 is 9.32 Å². The van der Waals surface area contributed by atoms with Crippen molar-refractivity contribution in [2.45, 2.75) is 13.0 Å². The zero-order valence-corrected chi connectivity index (χ0v) is 11.7. The van der Waals surface area contributed by atoms with Gasteiger partial charge in [-0.2, -0.15) is 5.10 Å². The van der Waals surface area contributed by atoms with Crippen molar-refractivity contribution in [3.63, 3.8) is 0 Å². The molecule has 0 saturated carbocycles. The van der Waals surface area contributed by atoms with Gasteiger partial charge in [-0.05, 0) is 18.2 Å². The van der Waals surface area contributed by atoms with E-state index in [1.807, 2.05) is 18.2 Å². The van der Waals surface area contributed by atoms with E-state index in [0.29, 0.717) is 24.4 Å². The normalized spacial score (nSPS) is 10.7. The fraction of sp³-hybridized carbons (Fsp3) is 0.200. The van der Waals surface area contributed by atoms with Crippen molar-refractivity contribution in [1.82, 2.24) is 20.3 Å².